The smallest absolute Gasteiger partial charge is 0.344 e. The molecule has 0 bridgehead atoms. The lowest BCUT2D eigenvalue weighted by atomic mass is 9.43. The first-order chi connectivity index (χ1) is 14.1. The van der Waals surface area contributed by atoms with Crippen LogP contribution in [0.25, 0.3) is 0 Å². The van der Waals surface area contributed by atoms with Gasteiger partial charge in [0, 0.05) is 0 Å². The lowest BCUT2D eigenvalue weighted by Gasteiger charge is -2.61. The predicted octanol–water partition coefficient (Wildman–Crippen LogP) is 6.02. The molecule has 0 spiro atoms. The largest absolute Gasteiger partial charge is 0.463 e. The van der Waals surface area contributed by atoms with Crippen molar-refractivity contribution in [3.05, 3.63) is 0 Å². The second-order valence-electron chi connectivity index (χ2n) is 11.7. The van der Waals surface area contributed by atoms with Gasteiger partial charge in [0.15, 0.2) is 6.61 Å². The van der Waals surface area contributed by atoms with Gasteiger partial charge in [0.25, 0.3) is 0 Å². The van der Waals surface area contributed by atoms with Crippen LogP contribution in [0.15, 0.2) is 0 Å². The maximum absolute atomic E-state index is 13.2. The predicted molar refractivity (Wildman–Crippen MR) is 119 cm³/mol. The molecular weight excluding hydrogens is 376 g/mol. The average molecular weight is 421 g/mol. The second kappa shape index (κ2) is 9.20. The van der Waals surface area contributed by atoms with Crippen LogP contribution in [-0.2, 0) is 19.1 Å². The first kappa shape index (κ1) is 23.6. The van der Waals surface area contributed by atoms with Crippen LogP contribution >= 0.6 is 0 Å². The normalized spacial score (nSPS) is 38.7. The van der Waals surface area contributed by atoms with Gasteiger partial charge in [0.2, 0.25) is 0 Å². The van der Waals surface area contributed by atoms with Gasteiger partial charge in [0.05, 0.1) is 12.0 Å². The summed E-state index contributed by atoms with van der Waals surface area (Å²) < 4.78 is 10.7. The first-order valence-corrected chi connectivity index (χ1v) is 12.4. The van der Waals surface area contributed by atoms with Gasteiger partial charge < -0.3 is 9.47 Å². The Morgan fingerprint density at radius 2 is 1.70 bits per heavy atom. The molecule has 3 saturated carbocycles. The van der Waals surface area contributed by atoms with Crippen molar-refractivity contribution in [3.63, 3.8) is 0 Å². The molecule has 3 aliphatic carbocycles. The Morgan fingerprint density at radius 1 is 0.967 bits per heavy atom. The number of ether oxygens (including phenoxy) is 2. The summed E-state index contributed by atoms with van der Waals surface area (Å²) in [7, 11) is 0. The number of hydrogen-bond donors (Lipinski definition) is 0. The highest BCUT2D eigenvalue weighted by molar-refractivity contribution is 5.80. The first-order valence-electron chi connectivity index (χ1n) is 12.4. The van der Waals surface area contributed by atoms with E-state index in [1.165, 1.54) is 32.1 Å². The van der Waals surface area contributed by atoms with Crippen LogP contribution in [0.2, 0.25) is 0 Å². The number of esters is 2. The molecule has 0 aromatic heterocycles. The molecule has 6 atom stereocenters. The van der Waals surface area contributed by atoms with Gasteiger partial charge in [-0.15, -0.1) is 0 Å². The van der Waals surface area contributed by atoms with E-state index in [0.717, 1.165) is 42.9 Å². The molecule has 0 amide bonds. The van der Waals surface area contributed by atoms with E-state index < -0.39 is 11.4 Å². The van der Waals surface area contributed by atoms with E-state index >= 15 is 0 Å². The van der Waals surface area contributed by atoms with Gasteiger partial charge in [0.1, 0.15) is 0 Å². The van der Waals surface area contributed by atoms with Crippen molar-refractivity contribution < 1.29 is 19.1 Å². The van der Waals surface area contributed by atoms with Gasteiger partial charge in [-0.2, -0.15) is 0 Å². The molecule has 4 heteroatoms. The molecule has 0 aliphatic heterocycles. The Bertz CT molecular complexity index is 627. The van der Waals surface area contributed by atoms with Gasteiger partial charge in [-0.1, -0.05) is 41.0 Å². The molecule has 3 rings (SSSR count). The summed E-state index contributed by atoms with van der Waals surface area (Å²) in [6, 6.07) is 0. The monoisotopic (exact) mass is 420 g/mol. The fourth-order valence-electron chi connectivity index (χ4n) is 7.31. The maximum atomic E-state index is 13.2. The Kier molecular flexibility index (Phi) is 7.24. The molecule has 172 valence electrons. The lowest BCUT2D eigenvalue weighted by Crippen LogP contribution is -2.56. The summed E-state index contributed by atoms with van der Waals surface area (Å²) in [5, 5.41) is 0. The maximum Gasteiger partial charge on any atom is 0.344 e. The lowest BCUT2D eigenvalue weighted by molar-refractivity contribution is -0.183. The Morgan fingerprint density at radius 3 is 2.37 bits per heavy atom. The molecular formula is C26H44O4. The van der Waals surface area contributed by atoms with E-state index in [2.05, 4.69) is 27.7 Å². The standard InChI is InChI=1S/C26H44O4/c1-17(2)15-29-23(27)16-30-24(28)26(6)13-7-12-25(5)21-10-8-19(18(3)4)14-20(21)9-11-22(25)26/h17-22H,7-16H2,1-6H3/t19?,20?,21-,22?,25-,26+/m1/s1. The fourth-order valence-corrected chi connectivity index (χ4v) is 7.31. The number of fused-ring (bicyclic) bond motifs is 3. The minimum absolute atomic E-state index is 0.186. The van der Waals surface area contributed by atoms with Crippen molar-refractivity contribution in [3.8, 4) is 0 Å². The number of carbonyl (C=O) groups is 2. The Hall–Kier alpha value is -1.06. The molecule has 3 aliphatic rings. The van der Waals surface area contributed by atoms with E-state index in [9.17, 15) is 9.59 Å². The van der Waals surface area contributed by atoms with Crippen LogP contribution in [0, 0.1) is 46.3 Å². The molecule has 0 N–H and O–H groups in total. The summed E-state index contributed by atoms with van der Waals surface area (Å²) in [6.07, 6.45) is 9.56. The van der Waals surface area contributed by atoms with Gasteiger partial charge in [-0.25, -0.2) is 4.79 Å². The molecule has 3 unspecified atom stereocenters. The highest BCUT2D eigenvalue weighted by Gasteiger charge is 2.59. The van der Waals surface area contributed by atoms with E-state index in [-0.39, 0.29) is 23.9 Å². The van der Waals surface area contributed by atoms with Gasteiger partial charge in [-0.05, 0) is 92.8 Å². The zero-order valence-corrected chi connectivity index (χ0v) is 20.2. The number of hydrogen-bond acceptors (Lipinski definition) is 4. The average Bonchev–Trinajstić information content (AvgIpc) is 2.69. The number of rotatable bonds is 6. The highest BCUT2D eigenvalue weighted by atomic mass is 16.6. The van der Waals surface area contributed by atoms with E-state index in [0.29, 0.717) is 12.5 Å². The minimum atomic E-state index is -0.481. The Labute approximate surface area is 183 Å². The third-order valence-electron chi connectivity index (χ3n) is 8.98. The van der Waals surface area contributed by atoms with Crippen LogP contribution in [0.4, 0.5) is 0 Å². The van der Waals surface area contributed by atoms with Gasteiger partial charge in [-0.3, -0.25) is 4.79 Å². The van der Waals surface area contributed by atoms with Crippen LogP contribution < -0.4 is 0 Å². The van der Waals surface area contributed by atoms with E-state index in [4.69, 9.17) is 9.47 Å². The van der Waals surface area contributed by atoms with Crippen molar-refractivity contribution in [2.45, 2.75) is 92.9 Å². The topological polar surface area (TPSA) is 52.6 Å². The zero-order valence-electron chi connectivity index (χ0n) is 20.2. The van der Waals surface area contributed by atoms with Crippen LogP contribution in [0.5, 0.6) is 0 Å². The van der Waals surface area contributed by atoms with Crippen LogP contribution in [0.3, 0.4) is 0 Å². The second-order valence-corrected chi connectivity index (χ2v) is 11.7. The van der Waals surface area contributed by atoms with Crippen molar-refractivity contribution in [2.24, 2.45) is 46.3 Å². The minimum Gasteiger partial charge on any atom is -0.463 e. The molecule has 0 heterocycles. The SMILES string of the molecule is CC(C)COC(=O)COC(=O)[C@@]1(C)CCC[C@@]2(C)C1CCC1CC(C(C)C)CC[C@H]12. The molecule has 0 aromatic carbocycles. The summed E-state index contributed by atoms with van der Waals surface area (Å²) in [6.45, 7) is 13.4. The molecule has 30 heavy (non-hydrogen) atoms. The highest BCUT2D eigenvalue weighted by Crippen LogP contribution is 2.64. The zero-order chi connectivity index (χ0) is 22.1. The van der Waals surface area contributed by atoms with Crippen molar-refractivity contribution in [1.29, 1.82) is 0 Å². The van der Waals surface area contributed by atoms with Crippen molar-refractivity contribution >= 4 is 11.9 Å². The molecule has 3 fully saturated rings. The summed E-state index contributed by atoms with van der Waals surface area (Å²) >= 11 is 0. The Balaban J connectivity index is 1.67. The van der Waals surface area contributed by atoms with Gasteiger partial charge >= 0.3 is 11.9 Å². The molecule has 0 radical (unpaired) electrons. The fraction of sp³-hybridized carbons (Fsp3) is 0.923. The van der Waals surface area contributed by atoms with Crippen molar-refractivity contribution in [1.82, 2.24) is 0 Å². The molecule has 0 aromatic rings. The summed E-state index contributed by atoms with van der Waals surface area (Å²) in [4.78, 5) is 25.2. The molecule has 4 nitrogen and oxygen atoms in total. The van der Waals surface area contributed by atoms with E-state index in [1.54, 1.807) is 0 Å². The van der Waals surface area contributed by atoms with Crippen molar-refractivity contribution in [2.75, 3.05) is 13.2 Å². The summed E-state index contributed by atoms with van der Waals surface area (Å²) in [5.74, 6) is 3.20. The third-order valence-corrected chi connectivity index (χ3v) is 8.98. The third kappa shape index (κ3) is 4.58. The van der Waals surface area contributed by atoms with E-state index in [1.807, 2.05) is 13.8 Å². The summed E-state index contributed by atoms with van der Waals surface area (Å²) in [5.41, 5.74) is -0.264. The van der Waals surface area contributed by atoms with Crippen LogP contribution in [-0.4, -0.2) is 25.2 Å². The number of carbonyl (C=O) groups excluding carboxylic acids is 2. The molecule has 0 saturated heterocycles. The quantitative estimate of drug-likeness (QED) is 0.493. The van der Waals surface area contributed by atoms with Crippen LogP contribution in [0.1, 0.15) is 92.9 Å².